The third-order valence-electron chi connectivity index (χ3n) is 3.65. The summed E-state index contributed by atoms with van der Waals surface area (Å²) in [5.74, 6) is -0.687. The topological polar surface area (TPSA) is 93.1 Å². The van der Waals surface area contributed by atoms with Crippen molar-refractivity contribution in [2.75, 3.05) is 26.3 Å². The fourth-order valence-corrected chi connectivity index (χ4v) is 4.00. The van der Waals surface area contributed by atoms with E-state index in [0.29, 0.717) is 31.1 Å². The number of rotatable bonds is 3. The summed E-state index contributed by atoms with van der Waals surface area (Å²) < 4.78 is 37.0. The van der Waals surface area contributed by atoms with Crippen LogP contribution in [0.1, 0.15) is 6.42 Å². The number of aliphatic carboxylic acids is 1. The molecule has 0 bridgehead atoms. The number of carboxylic acids is 1. The second-order valence-electron chi connectivity index (χ2n) is 4.99. The van der Waals surface area contributed by atoms with Gasteiger partial charge < -0.3 is 14.6 Å². The summed E-state index contributed by atoms with van der Waals surface area (Å²) >= 11 is 0. The van der Waals surface area contributed by atoms with Gasteiger partial charge in [0, 0.05) is 19.2 Å². The summed E-state index contributed by atoms with van der Waals surface area (Å²) in [5, 5.41) is 8.97. The first-order chi connectivity index (χ1) is 9.98. The van der Waals surface area contributed by atoms with E-state index in [-0.39, 0.29) is 18.0 Å². The molecule has 3 rings (SSSR count). The average molecular weight is 313 g/mol. The monoisotopic (exact) mass is 313 g/mol. The molecule has 114 valence electrons. The summed E-state index contributed by atoms with van der Waals surface area (Å²) in [6, 6.07) is 4.45. The highest BCUT2D eigenvalue weighted by Gasteiger charge is 2.36. The molecule has 2 aliphatic rings. The van der Waals surface area contributed by atoms with Crippen molar-refractivity contribution in [3.05, 3.63) is 18.2 Å². The fourth-order valence-electron chi connectivity index (χ4n) is 2.48. The fraction of sp³-hybridized carbons (Fsp3) is 0.462. The molecule has 1 saturated heterocycles. The van der Waals surface area contributed by atoms with Crippen LogP contribution in [0.4, 0.5) is 0 Å². The van der Waals surface area contributed by atoms with E-state index in [9.17, 15) is 13.2 Å². The molecule has 0 saturated carbocycles. The van der Waals surface area contributed by atoms with E-state index in [0.717, 1.165) is 0 Å². The highest BCUT2D eigenvalue weighted by atomic mass is 32.2. The molecule has 2 heterocycles. The summed E-state index contributed by atoms with van der Waals surface area (Å²) in [6.45, 7) is 1.03. The third kappa shape index (κ3) is 2.56. The standard InChI is InChI=1S/C13H15NO6S/c15-13(16)9-3-4-14(8-9)21(17,18)10-1-2-11-12(7-10)20-6-5-19-11/h1-2,7,9H,3-6,8H2,(H,15,16)/t9-/m0/s1. The molecule has 0 aliphatic carbocycles. The summed E-state index contributed by atoms with van der Waals surface area (Å²) in [4.78, 5) is 11.0. The second-order valence-corrected chi connectivity index (χ2v) is 6.93. The Morgan fingerprint density at radius 2 is 1.95 bits per heavy atom. The van der Waals surface area contributed by atoms with Crippen LogP contribution in [-0.4, -0.2) is 50.1 Å². The van der Waals surface area contributed by atoms with Gasteiger partial charge in [-0.1, -0.05) is 0 Å². The first-order valence-corrected chi connectivity index (χ1v) is 8.05. The van der Waals surface area contributed by atoms with Crippen LogP contribution in [0.5, 0.6) is 11.5 Å². The minimum atomic E-state index is -3.70. The van der Waals surface area contributed by atoms with Crippen molar-refractivity contribution < 1.29 is 27.8 Å². The third-order valence-corrected chi connectivity index (χ3v) is 5.51. The van der Waals surface area contributed by atoms with Crippen LogP contribution in [-0.2, 0) is 14.8 Å². The maximum absolute atomic E-state index is 12.5. The Hall–Kier alpha value is -1.80. The van der Waals surface area contributed by atoms with Crippen molar-refractivity contribution in [2.24, 2.45) is 5.92 Å². The van der Waals surface area contributed by atoms with Crippen LogP contribution in [0.15, 0.2) is 23.1 Å². The lowest BCUT2D eigenvalue weighted by Gasteiger charge is -2.20. The molecule has 0 amide bonds. The van der Waals surface area contributed by atoms with Gasteiger partial charge in [-0.05, 0) is 18.6 Å². The Bertz CT molecular complexity index is 671. The van der Waals surface area contributed by atoms with Crippen molar-refractivity contribution in [3.8, 4) is 11.5 Å². The molecule has 2 aliphatic heterocycles. The molecule has 1 N–H and O–H groups in total. The largest absolute Gasteiger partial charge is 0.486 e. The van der Waals surface area contributed by atoms with Crippen LogP contribution < -0.4 is 9.47 Å². The number of fused-ring (bicyclic) bond motifs is 1. The van der Waals surface area contributed by atoms with Crippen molar-refractivity contribution >= 4 is 16.0 Å². The van der Waals surface area contributed by atoms with Gasteiger partial charge >= 0.3 is 5.97 Å². The van der Waals surface area contributed by atoms with Gasteiger partial charge in [-0.15, -0.1) is 0 Å². The predicted molar refractivity (Wildman–Crippen MR) is 71.9 cm³/mol. The Morgan fingerprint density at radius 1 is 1.24 bits per heavy atom. The summed E-state index contributed by atoms with van der Waals surface area (Å²) in [6.07, 6.45) is 0.332. The van der Waals surface area contributed by atoms with E-state index in [1.807, 2.05) is 0 Å². The first-order valence-electron chi connectivity index (χ1n) is 6.61. The zero-order valence-electron chi connectivity index (χ0n) is 11.2. The number of hydrogen-bond acceptors (Lipinski definition) is 5. The molecular formula is C13H15NO6S. The molecule has 1 atom stereocenters. The lowest BCUT2D eigenvalue weighted by atomic mass is 10.1. The minimum Gasteiger partial charge on any atom is -0.486 e. The van der Waals surface area contributed by atoms with Gasteiger partial charge in [0.1, 0.15) is 13.2 Å². The Labute approximate surface area is 122 Å². The van der Waals surface area contributed by atoms with Crippen molar-refractivity contribution in [2.45, 2.75) is 11.3 Å². The van der Waals surface area contributed by atoms with Gasteiger partial charge in [0.05, 0.1) is 10.8 Å². The lowest BCUT2D eigenvalue weighted by Crippen LogP contribution is -2.30. The van der Waals surface area contributed by atoms with Gasteiger partial charge in [-0.3, -0.25) is 4.79 Å². The molecular weight excluding hydrogens is 298 g/mol. The highest BCUT2D eigenvalue weighted by Crippen LogP contribution is 2.34. The molecule has 8 heteroatoms. The molecule has 0 spiro atoms. The van der Waals surface area contributed by atoms with E-state index in [1.54, 1.807) is 6.07 Å². The van der Waals surface area contributed by atoms with E-state index >= 15 is 0 Å². The summed E-state index contributed by atoms with van der Waals surface area (Å²) in [7, 11) is -3.70. The van der Waals surface area contributed by atoms with Gasteiger partial charge in [0.2, 0.25) is 10.0 Å². The van der Waals surface area contributed by atoms with Crippen molar-refractivity contribution in [1.82, 2.24) is 4.31 Å². The van der Waals surface area contributed by atoms with E-state index < -0.39 is 21.9 Å². The van der Waals surface area contributed by atoms with Gasteiger partial charge in [-0.25, -0.2) is 8.42 Å². The molecule has 1 aromatic rings. The smallest absolute Gasteiger partial charge is 0.307 e. The zero-order chi connectivity index (χ0) is 15.0. The molecule has 1 aromatic carbocycles. The van der Waals surface area contributed by atoms with Crippen LogP contribution in [0.2, 0.25) is 0 Å². The second kappa shape index (κ2) is 5.19. The normalized spacial score (nSPS) is 22.2. The van der Waals surface area contributed by atoms with E-state index in [2.05, 4.69) is 0 Å². The van der Waals surface area contributed by atoms with E-state index in [4.69, 9.17) is 14.6 Å². The van der Waals surface area contributed by atoms with Gasteiger partial charge in [0.25, 0.3) is 0 Å². The van der Waals surface area contributed by atoms with Crippen LogP contribution in [0, 0.1) is 5.92 Å². The molecule has 7 nitrogen and oxygen atoms in total. The number of ether oxygens (including phenoxy) is 2. The van der Waals surface area contributed by atoms with Crippen LogP contribution in [0.3, 0.4) is 0 Å². The number of hydrogen-bond donors (Lipinski definition) is 1. The molecule has 0 unspecified atom stereocenters. The maximum Gasteiger partial charge on any atom is 0.307 e. The van der Waals surface area contributed by atoms with Crippen molar-refractivity contribution in [1.29, 1.82) is 0 Å². The highest BCUT2D eigenvalue weighted by molar-refractivity contribution is 7.89. The Kier molecular flexibility index (Phi) is 3.50. The first kappa shape index (κ1) is 14.2. The number of benzene rings is 1. The van der Waals surface area contributed by atoms with Gasteiger partial charge in [-0.2, -0.15) is 4.31 Å². The SMILES string of the molecule is O=C(O)[C@H]1CCN(S(=O)(=O)c2ccc3c(c2)OCCO3)C1. The Morgan fingerprint density at radius 3 is 2.62 bits per heavy atom. The van der Waals surface area contributed by atoms with Gasteiger partial charge in [0.15, 0.2) is 11.5 Å². The quantitative estimate of drug-likeness (QED) is 0.876. The zero-order valence-corrected chi connectivity index (χ0v) is 12.0. The molecule has 21 heavy (non-hydrogen) atoms. The number of carboxylic acid groups (broad SMARTS) is 1. The van der Waals surface area contributed by atoms with Crippen LogP contribution >= 0.6 is 0 Å². The summed E-state index contributed by atoms with van der Waals surface area (Å²) in [5.41, 5.74) is 0. The lowest BCUT2D eigenvalue weighted by molar-refractivity contribution is -0.141. The predicted octanol–water partition coefficient (Wildman–Crippen LogP) is 0.553. The average Bonchev–Trinajstić information content (AvgIpc) is 2.97. The molecule has 1 fully saturated rings. The van der Waals surface area contributed by atoms with E-state index in [1.165, 1.54) is 16.4 Å². The number of carbonyl (C=O) groups is 1. The molecule has 0 radical (unpaired) electrons. The Balaban J connectivity index is 1.87. The molecule has 0 aromatic heterocycles. The van der Waals surface area contributed by atoms with Crippen LogP contribution in [0.25, 0.3) is 0 Å². The number of sulfonamides is 1. The minimum absolute atomic E-state index is 0.00606. The maximum atomic E-state index is 12.5. The number of nitrogens with zero attached hydrogens (tertiary/aromatic N) is 1. The van der Waals surface area contributed by atoms with Crippen molar-refractivity contribution in [3.63, 3.8) is 0 Å².